The van der Waals surface area contributed by atoms with Crippen molar-refractivity contribution in [1.82, 2.24) is 9.97 Å². The molecule has 2 N–H and O–H groups in total. The van der Waals surface area contributed by atoms with Crippen LogP contribution in [0.1, 0.15) is 10.5 Å². The molecule has 2 aromatic rings. The Hall–Kier alpha value is -2.83. The minimum Gasteiger partial charge on any atom is -0.493 e. The van der Waals surface area contributed by atoms with Crippen LogP contribution >= 0.6 is 0 Å². The third-order valence-electron chi connectivity index (χ3n) is 2.51. The average molecular weight is 275 g/mol. The van der Waals surface area contributed by atoms with Crippen molar-refractivity contribution in [2.24, 2.45) is 0 Å². The summed E-state index contributed by atoms with van der Waals surface area (Å²) in [6.45, 7) is 0. The van der Waals surface area contributed by atoms with Gasteiger partial charge in [-0.15, -0.1) is 0 Å². The molecule has 2 rings (SSSR count). The number of nitrogens with zero attached hydrogens (tertiary/aromatic N) is 2. The Kier molecular flexibility index (Phi) is 3.99. The molecule has 7 heteroatoms. The highest BCUT2D eigenvalue weighted by Crippen LogP contribution is 2.30. The summed E-state index contributed by atoms with van der Waals surface area (Å²) in [6, 6.07) is 6.50. The Morgan fingerprint density at radius 1 is 1.20 bits per heavy atom. The van der Waals surface area contributed by atoms with Crippen LogP contribution in [-0.4, -0.2) is 35.3 Å². The second-order valence-corrected chi connectivity index (χ2v) is 3.77. The summed E-state index contributed by atoms with van der Waals surface area (Å²) in [4.78, 5) is 18.7. The van der Waals surface area contributed by atoms with Crippen LogP contribution in [0.2, 0.25) is 0 Å². The van der Waals surface area contributed by atoms with Gasteiger partial charge >= 0.3 is 5.97 Å². The monoisotopic (exact) mass is 275 g/mol. The first-order valence-corrected chi connectivity index (χ1v) is 5.69. The number of benzene rings is 1. The number of hydrogen-bond acceptors (Lipinski definition) is 6. The van der Waals surface area contributed by atoms with Crippen LogP contribution in [0.25, 0.3) is 0 Å². The van der Waals surface area contributed by atoms with E-state index in [2.05, 4.69) is 15.3 Å². The van der Waals surface area contributed by atoms with Gasteiger partial charge in [0.25, 0.3) is 0 Å². The van der Waals surface area contributed by atoms with Crippen LogP contribution in [0.3, 0.4) is 0 Å². The van der Waals surface area contributed by atoms with Gasteiger partial charge in [0.15, 0.2) is 17.2 Å². The van der Waals surface area contributed by atoms with E-state index in [0.29, 0.717) is 17.2 Å². The summed E-state index contributed by atoms with van der Waals surface area (Å²) in [5.74, 6) is 0.227. The fourth-order valence-electron chi connectivity index (χ4n) is 1.58. The maximum absolute atomic E-state index is 10.8. The number of aromatic carboxylic acids is 1. The van der Waals surface area contributed by atoms with Gasteiger partial charge in [0.1, 0.15) is 0 Å². The van der Waals surface area contributed by atoms with Crippen LogP contribution in [0.15, 0.2) is 30.5 Å². The number of nitrogens with one attached hydrogen (secondary N) is 1. The topological polar surface area (TPSA) is 93.6 Å². The Balaban J connectivity index is 2.25. The molecule has 0 atom stereocenters. The fourth-order valence-corrected chi connectivity index (χ4v) is 1.58. The Labute approximate surface area is 115 Å². The van der Waals surface area contributed by atoms with E-state index in [1.54, 1.807) is 25.3 Å². The summed E-state index contributed by atoms with van der Waals surface area (Å²) in [7, 11) is 3.08. The van der Waals surface area contributed by atoms with Crippen molar-refractivity contribution >= 4 is 17.6 Å². The molecule has 0 bridgehead atoms. The predicted octanol–water partition coefficient (Wildman–Crippen LogP) is 1.94. The summed E-state index contributed by atoms with van der Waals surface area (Å²) in [6.07, 6.45) is 1.37. The maximum atomic E-state index is 10.8. The number of rotatable bonds is 5. The molecule has 1 aromatic heterocycles. The molecule has 104 valence electrons. The van der Waals surface area contributed by atoms with E-state index < -0.39 is 5.97 Å². The molecular weight excluding hydrogens is 262 g/mol. The third kappa shape index (κ3) is 2.94. The average Bonchev–Trinajstić information content (AvgIpc) is 2.47. The summed E-state index contributed by atoms with van der Waals surface area (Å²) >= 11 is 0. The first-order valence-electron chi connectivity index (χ1n) is 5.69. The smallest absolute Gasteiger partial charge is 0.354 e. The molecule has 0 fully saturated rings. The van der Waals surface area contributed by atoms with Crippen molar-refractivity contribution in [3.63, 3.8) is 0 Å². The van der Waals surface area contributed by atoms with E-state index in [9.17, 15) is 4.79 Å². The molecule has 0 aliphatic carbocycles. The van der Waals surface area contributed by atoms with Gasteiger partial charge in [-0.2, -0.15) is 0 Å². The molecule has 7 nitrogen and oxygen atoms in total. The second-order valence-electron chi connectivity index (χ2n) is 3.77. The zero-order valence-electron chi connectivity index (χ0n) is 11.0. The number of ether oxygens (including phenoxy) is 2. The maximum Gasteiger partial charge on any atom is 0.354 e. The van der Waals surface area contributed by atoms with Gasteiger partial charge in [-0.05, 0) is 18.2 Å². The molecule has 1 heterocycles. The van der Waals surface area contributed by atoms with Gasteiger partial charge in [-0.1, -0.05) is 0 Å². The highest BCUT2D eigenvalue weighted by atomic mass is 16.5. The first-order chi connectivity index (χ1) is 9.63. The van der Waals surface area contributed by atoms with Crippen molar-refractivity contribution in [3.8, 4) is 11.5 Å². The Bertz CT molecular complexity index is 631. The van der Waals surface area contributed by atoms with Gasteiger partial charge in [0, 0.05) is 18.0 Å². The van der Waals surface area contributed by atoms with Crippen molar-refractivity contribution in [2.45, 2.75) is 0 Å². The molecule has 0 saturated heterocycles. The van der Waals surface area contributed by atoms with Crippen LogP contribution in [0.5, 0.6) is 11.5 Å². The molecule has 0 unspecified atom stereocenters. The molecule has 1 aromatic carbocycles. The molecule has 20 heavy (non-hydrogen) atoms. The van der Waals surface area contributed by atoms with Gasteiger partial charge < -0.3 is 19.9 Å². The number of aromatic nitrogens is 2. The first kappa shape index (κ1) is 13.6. The van der Waals surface area contributed by atoms with E-state index >= 15 is 0 Å². The number of carboxylic acids is 1. The van der Waals surface area contributed by atoms with Crippen molar-refractivity contribution < 1.29 is 19.4 Å². The van der Waals surface area contributed by atoms with Gasteiger partial charge in [0.2, 0.25) is 5.95 Å². The number of hydrogen-bond donors (Lipinski definition) is 2. The molecule has 0 spiro atoms. The van der Waals surface area contributed by atoms with Gasteiger partial charge in [0.05, 0.1) is 14.2 Å². The lowest BCUT2D eigenvalue weighted by Crippen LogP contribution is -2.04. The lowest BCUT2D eigenvalue weighted by atomic mass is 10.3. The third-order valence-corrected chi connectivity index (χ3v) is 2.51. The van der Waals surface area contributed by atoms with Gasteiger partial charge in [-0.3, -0.25) is 0 Å². The van der Waals surface area contributed by atoms with Crippen molar-refractivity contribution in [2.75, 3.05) is 19.5 Å². The van der Waals surface area contributed by atoms with Crippen LogP contribution in [0.4, 0.5) is 11.6 Å². The number of anilines is 2. The fraction of sp³-hybridized carbons (Fsp3) is 0.154. The summed E-state index contributed by atoms with van der Waals surface area (Å²) < 4.78 is 10.3. The minimum atomic E-state index is -1.11. The SMILES string of the molecule is COc1ccc(Nc2nccc(C(=O)O)n2)cc1OC. The number of methoxy groups -OCH3 is 2. The quantitative estimate of drug-likeness (QED) is 0.861. The molecular formula is C13H13N3O4. The van der Waals surface area contributed by atoms with Crippen LogP contribution < -0.4 is 14.8 Å². The molecule has 0 radical (unpaired) electrons. The zero-order valence-corrected chi connectivity index (χ0v) is 11.0. The lowest BCUT2D eigenvalue weighted by Gasteiger charge is -2.10. The minimum absolute atomic E-state index is 0.0806. The van der Waals surface area contributed by atoms with E-state index in [1.165, 1.54) is 19.4 Å². The standard InChI is InChI=1S/C13H13N3O4/c1-19-10-4-3-8(7-11(10)20-2)15-13-14-6-5-9(16-13)12(17)18/h3-7H,1-2H3,(H,17,18)(H,14,15,16). The summed E-state index contributed by atoms with van der Waals surface area (Å²) in [5.41, 5.74) is 0.577. The highest BCUT2D eigenvalue weighted by molar-refractivity contribution is 5.85. The molecule has 0 aliphatic heterocycles. The van der Waals surface area contributed by atoms with Crippen LogP contribution in [-0.2, 0) is 0 Å². The molecule has 0 aliphatic rings. The Morgan fingerprint density at radius 3 is 2.60 bits per heavy atom. The largest absolute Gasteiger partial charge is 0.493 e. The molecule has 0 amide bonds. The lowest BCUT2D eigenvalue weighted by molar-refractivity contribution is 0.0690. The van der Waals surface area contributed by atoms with Crippen molar-refractivity contribution in [3.05, 3.63) is 36.2 Å². The predicted molar refractivity (Wildman–Crippen MR) is 71.8 cm³/mol. The Morgan fingerprint density at radius 2 is 1.95 bits per heavy atom. The van der Waals surface area contributed by atoms with E-state index in [0.717, 1.165) is 0 Å². The number of carbonyl (C=O) groups is 1. The summed E-state index contributed by atoms with van der Waals surface area (Å²) in [5, 5.41) is 11.8. The normalized spacial score (nSPS) is 9.90. The molecule has 0 saturated carbocycles. The zero-order chi connectivity index (χ0) is 14.5. The number of carboxylic acid groups (broad SMARTS) is 1. The second kappa shape index (κ2) is 5.87. The van der Waals surface area contributed by atoms with E-state index in [-0.39, 0.29) is 11.6 Å². The van der Waals surface area contributed by atoms with Gasteiger partial charge in [-0.25, -0.2) is 14.8 Å². The van der Waals surface area contributed by atoms with E-state index in [4.69, 9.17) is 14.6 Å². The van der Waals surface area contributed by atoms with E-state index in [1.807, 2.05) is 0 Å². The highest BCUT2D eigenvalue weighted by Gasteiger charge is 2.08. The van der Waals surface area contributed by atoms with Crippen molar-refractivity contribution in [1.29, 1.82) is 0 Å². The van der Waals surface area contributed by atoms with Crippen LogP contribution in [0, 0.1) is 0 Å².